The summed E-state index contributed by atoms with van der Waals surface area (Å²) in [4.78, 5) is 40.9. The number of carbonyl (C=O) groups excluding carboxylic acids is 2. The summed E-state index contributed by atoms with van der Waals surface area (Å²) in [6.45, 7) is 1.86. The van der Waals surface area contributed by atoms with Crippen molar-refractivity contribution in [3.63, 3.8) is 0 Å². The van der Waals surface area contributed by atoms with Gasteiger partial charge in [0.05, 0.1) is 16.9 Å². The molecule has 0 radical (unpaired) electrons. The lowest BCUT2D eigenvalue weighted by Gasteiger charge is -2.44. The standard InChI is InChI=1S/C34H29F3N4O3/c35-34(36,37)26-8-4-9-27(18-26)38-33(44)24-13-14-30(28(17-24)39-31(42)15-12-22-6-2-1-3-7-22)40-19-23-16-25(21-40)29-10-5-11-32(43)41(29)20-23/h1-15,17-18,23,25H,16,19-21H2,(H,38,44)(H,39,42)/b15-12+. The molecule has 224 valence electrons. The zero-order valence-electron chi connectivity index (χ0n) is 23.6. The van der Waals surface area contributed by atoms with Gasteiger partial charge in [-0.05, 0) is 66.4 Å². The second-order valence-corrected chi connectivity index (χ2v) is 11.1. The van der Waals surface area contributed by atoms with Crippen molar-refractivity contribution in [2.75, 3.05) is 28.6 Å². The van der Waals surface area contributed by atoms with Gasteiger partial charge in [0.15, 0.2) is 0 Å². The van der Waals surface area contributed by atoms with Gasteiger partial charge in [0.25, 0.3) is 11.5 Å². The Morgan fingerprint density at radius 3 is 2.43 bits per heavy atom. The fraction of sp³-hybridized carbons (Fsp3) is 0.206. The molecule has 44 heavy (non-hydrogen) atoms. The molecule has 2 aliphatic heterocycles. The molecular weight excluding hydrogens is 569 g/mol. The predicted molar refractivity (Wildman–Crippen MR) is 164 cm³/mol. The quantitative estimate of drug-likeness (QED) is 0.252. The molecule has 0 aliphatic carbocycles. The second kappa shape index (κ2) is 11.9. The van der Waals surface area contributed by atoms with E-state index >= 15 is 0 Å². The highest BCUT2D eigenvalue weighted by atomic mass is 19.4. The molecule has 0 saturated carbocycles. The maximum atomic E-state index is 13.2. The highest BCUT2D eigenvalue weighted by molar-refractivity contribution is 6.08. The third-order valence-corrected chi connectivity index (χ3v) is 8.01. The summed E-state index contributed by atoms with van der Waals surface area (Å²) in [6.07, 6.45) is -0.520. The summed E-state index contributed by atoms with van der Waals surface area (Å²) in [5.41, 5.74) is 2.22. The lowest BCUT2D eigenvalue weighted by molar-refractivity contribution is -0.137. The van der Waals surface area contributed by atoms with Gasteiger partial charge < -0.3 is 20.1 Å². The average Bonchev–Trinajstić information content (AvgIpc) is 3.01. The minimum Gasteiger partial charge on any atom is -0.369 e. The zero-order chi connectivity index (χ0) is 30.8. The fourth-order valence-corrected chi connectivity index (χ4v) is 6.03. The van der Waals surface area contributed by atoms with E-state index in [9.17, 15) is 27.6 Å². The van der Waals surface area contributed by atoms with Gasteiger partial charge >= 0.3 is 6.18 Å². The Hall–Kier alpha value is -5.12. The van der Waals surface area contributed by atoms with Gasteiger partial charge in [-0.2, -0.15) is 13.2 Å². The second-order valence-electron chi connectivity index (χ2n) is 11.1. The van der Waals surface area contributed by atoms with Gasteiger partial charge in [0.2, 0.25) is 5.91 Å². The predicted octanol–water partition coefficient (Wildman–Crippen LogP) is 6.40. The van der Waals surface area contributed by atoms with Crippen molar-refractivity contribution in [1.29, 1.82) is 0 Å². The van der Waals surface area contributed by atoms with Crippen molar-refractivity contribution in [3.8, 4) is 0 Å². The lowest BCUT2D eigenvalue weighted by Crippen LogP contribution is -2.47. The van der Waals surface area contributed by atoms with Crippen LogP contribution in [-0.2, 0) is 17.5 Å². The van der Waals surface area contributed by atoms with Crippen molar-refractivity contribution >= 4 is 35.0 Å². The zero-order valence-corrected chi connectivity index (χ0v) is 23.6. The molecule has 7 nitrogen and oxygen atoms in total. The maximum absolute atomic E-state index is 13.2. The number of rotatable bonds is 6. The molecule has 2 N–H and O–H groups in total. The Kier molecular flexibility index (Phi) is 7.82. The molecule has 2 aliphatic rings. The van der Waals surface area contributed by atoms with E-state index in [2.05, 4.69) is 15.5 Å². The Labute approximate surface area is 251 Å². The van der Waals surface area contributed by atoms with Gasteiger partial charge in [-0.3, -0.25) is 14.4 Å². The number of piperidine rings is 1. The highest BCUT2D eigenvalue weighted by Gasteiger charge is 2.35. The van der Waals surface area contributed by atoms with E-state index in [4.69, 9.17) is 0 Å². The largest absolute Gasteiger partial charge is 0.416 e. The molecule has 1 aromatic heterocycles. The number of hydrogen-bond acceptors (Lipinski definition) is 4. The van der Waals surface area contributed by atoms with Crippen LogP contribution in [0.5, 0.6) is 0 Å². The van der Waals surface area contributed by atoms with E-state index in [0.29, 0.717) is 31.0 Å². The molecule has 2 atom stereocenters. The van der Waals surface area contributed by atoms with Crippen LogP contribution in [-0.4, -0.2) is 29.5 Å². The fourth-order valence-electron chi connectivity index (χ4n) is 6.03. The number of amides is 2. The summed E-state index contributed by atoms with van der Waals surface area (Å²) >= 11 is 0. The van der Waals surface area contributed by atoms with Crippen LogP contribution in [0.4, 0.5) is 30.2 Å². The summed E-state index contributed by atoms with van der Waals surface area (Å²) in [5.74, 6) is -0.691. The third-order valence-electron chi connectivity index (χ3n) is 8.01. The van der Waals surface area contributed by atoms with Crippen molar-refractivity contribution in [3.05, 3.63) is 130 Å². The van der Waals surface area contributed by atoms with Crippen molar-refractivity contribution < 1.29 is 22.8 Å². The van der Waals surface area contributed by atoms with Gasteiger partial charge in [0, 0.05) is 54.6 Å². The van der Waals surface area contributed by atoms with Crippen LogP contribution >= 0.6 is 0 Å². The summed E-state index contributed by atoms with van der Waals surface area (Å²) in [7, 11) is 0. The van der Waals surface area contributed by atoms with Crippen LogP contribution in [0.1, 0.15) is 39.5 Å². The molecule has 2 bridgehead atoms. The number of fused-ring (bicyclic) bond motifs is 4. The average molecular weight is 599 g/mol. The molecule has 6 rings (SSSR count). The summed E-state index contributed by atoms with van der Waals surface area (Å²) in [6, 6.07) is 24.0. The van der Waals surface area contributed by atoms with E-state index in [-0.39, 0.29) is 28.6 Å². The number of aromatic nitrogens is 1. The molecule has 0 spiro atoms. The van der Waals surface area contributed by atoms with Crippen LogP contribution in [0.25, 0.3) is 6.08 Å². The van der Waals surface area contributed by atoms with Gasteiger partial charge in [-0.1, -0.05) is 42.5 Å². The first-order chi connectivity index (χ1) is 21.1. The summed E-state index contributed by atoms with van der Waals surface area (Å²) in [5, 5.41) is 5.44. The topological polar surface area (TPSA) is 83.4 Å². The third kappa shape index (κ3) is 6.29. The monoisotopic (exact) mass is 598 g/mol. The van der Waals surface area contributed by atoms with Crippen LogP contribution in [0.3, 0.4) is 0 Å². The normalized spacial score (nSPS) is 17.7. The summed E-state index contributed by atoms with van der Waals surface area (Å²) < 4.78 is 41.4. The Morgan fingerprint density at radius 1 is 0.841 bits per heavy atom. The van der Waals surface area contributed by atoms with Crippen LogP contribution in [0, 0.1) is 5.92 Å². The molecular formula is C34H29F3N4O3. The Balaban J connectivity index is 1.29. The number of alkyl halides is 3. The Bertz CT molecular complexity index is 1800. The highest BCUT2D eigenvalue weighted by Crippen LogP contribution is 2.39. The van der Waals surface area contributed by atoms with Crippen LogP contribution in [0.15, 0.2) is 102 Å². The minimum atomic E-state index is -4.55. The maximum Gasteiger partial charge on any atom is 0.416 e. The first-order valence-electron chi connectivity index (χ1n) is 14.3. The lowest BCUT2D eigenvalue weighted by atomic mass is 9.83. The van der Waals surface area contributed by atoms with E-state index in [0.717, 1.165) is 29.8 Å². The van der Waals surface area contributed by atoms with E-state index in [1.807, 2.05) is 41.0 Å². The first-order valence-corrected chi connectivity index (χ1v) is 14.3. The van der Waals surface area contributed by atoms with Gasteiger partial charge in [0.1, 0.15) is 0 Å². The Morgan fingerprint density at radius 2 is 1.64 bits per heavy atom. The number of anilines is 3. The smallest absolute Gasteiger partial charge is 0.369 e. The van der Waals surface area contributed by atoms with Crippen LogP contribution in [0.2, 0.25) is 0 Å². The number of nitrogens with zero attached hydrogens (tertiary/aromatic N) is 2. The number of nitrogens with one attached hydrogen (secondary N) is 2. The number of benzene rings is 3. The molecule has 1 saturated heterocycles. The molecule has 10 heteroatoms. The molecule has 2 unspecified atom stereocenters. The molecule has 3 heterocycles. The molecule has 4 aromatic rings. The number of pyridine rings is 1. The molecule has 3 aromatic carbocycles. The van der Waals surface area contributed by atoms with Crippen molar-refractivity contribution in [1.82, 2.24) is 4.57 Å². The molecule has 1 fully saturated rings. The number of hydrogen-bond donors (Lipinski definition) is 2. The van der Waals surface area contributed by atoms with Gasteiger partial charge in [-0.25, -0.2) is 0 Å². The first kappa shape index (κ1) is 29.0. The van der Waals surface area contributed by atoms with Crippen LogP contribution < -0.4 is 21.1 Å². The molecule has 2 amide bonds. The SMILES string of the molecule is O=C(/C=C/c1ccccc1)Nc1cc(C(=O)Nc2cccc(C(F)(F)F)c2)ccc1N1CC2CC(C1)c1cccc(=O)n1C2. The van der Waals surface area contributed by atoms with Crippen molar-refractivity contribution in [2.24, 2.45) is 5.92 Å². The van der Waals surface area contributed by atoms with Crippen molar-refractivity contribution in [2.45, 2.75) is 25.1 Å². The van der Waals surface area contributed by atoms with E-state index < -0.39 is 23.6 Å². The minimum absolute atomic E-state index is 0.00282. The van der Waals surface area contributed by atoms with E-state index in [1.165, 1.54) is 24.3 Å². The number of halogens is 3. The number of carbonyl (C=O) groups is 2. The van der Waals surface area contributed by atoms with E-state index in [1.54, 1.807) is 30.3 Å². The van der Waals surface area contributed by atoms with Gasteiger partial charge in [-0.15, -0.1) is 0 Å².